The normalized spacial score (nSPS) is 12.4. The van der Waals surface area contributed by atoms with Crippen molar-refractivity contribution in [1.29, 1.82) is 0 Å². The zero-order valence-electron chi connectivity index (χ0n) is 62.4. The van der Waals surface area contributed by atoms with E-state index in [9.17, 15) is 19.8 Å². The number of amides is 1. The molecular weight excluding hydrogens is 1110 g/mol. The van der Waals surface area contributed by atoms with E-state index in [0.29, 0.717) is 25.9 Å². The van der Waals surface area contributed by atoms with Gasteiger partial charge in [0.25, 0.3) is 0 Å². The van der Waals surface area contributed by atoms with E-state index in [0.717, 1.165) is 38.5 Å². The van der Waals surface area contributed by atoms with E-state index in [1.54, 1.807) is 0 Å². The summed E-state index contributed by atoms with van der Waals surface area (Å²) in [5.41, 5.74) is 0. The van der Waals surface area contributed by atoms with Crippen LogP contribution in [-0.2, 0) is 14.3 Å². The Kier molecular flexibility index (Phi) is 79.8. The van der Waals surface area contributed by atoms with Gasteiger partial charge in [-0.25, -0.2) is 0 Å². The Labute approximate surface area is 571 Å². The van der Waals surface area contributed by atoms with Crippen LogP contribution < -0.4 is 5.32 Å². The molecule has 2 atom stereocenters. The summed E-state index contributed by atoms with van der Waals surface area (Å²) >= 11 is 0. The van der Waals surface area contributed by atoms with E-state index in [1.807, 2.05) is 0 Å². The molecule has 0 radical (unpaired) electrons. The number of aliphatic hydroxyl groups is 2. The number of rotatable bonds is 81. The summed E-state index contributed by atoms with van der Waals surface area (Å²) in [5, 5.41) is 23.4. The molecule has 0 aliphatic carbocycles. The number of unbranched alkanes of at least 4 members (excludes halogenated alkanes) is 68. The highest BCUT2D eigenvalue weighted by molar-refractivity contribution is 5.76. The van der Waals surface area contributed by atoms with Gasteiger partial charge < -0.3 is 20.3 Å². The summed E-state index contributed by atoms with van der Waals surface area (Å²) in [4.78, 5) is 24.7. The fourth-order valence-electron chi connectivity index (χ4n) is 13.9. The average molecular weight is 1280 g/mol. The largest absolute Gasteiger partial charge is 0.466 e. The first kappa shape index (κ1) is 89.6. The monoisotopic (exact) mass is 1280 g/mol. The van der Waals surface area contributed by atoms with E-state index >= 15 is 0 Å². The van der Waals surface area contributed by atoms with Crippen LogP contribution in [0.15, 0.2) is 12.2 Å². The molecular formula is C85H167NO5. The van der Waals surface area contributed by atoms with Gasteiger partial charge in [-0.05, 0) is 51.4 Å². The van der Waals surface area contributed by atoms with Crippen LogP contribution in [0.1, 0.15) is 495 Å². The Balaban J connectivity index is 3.28. The van der Waals surface area contributed by atoms with Crippen molar-refractivity contribution in [2.75, 3.05) is 13.2 Å². The molecule has 0 saturated heterocycles. The van der Waals surface area contributed by atoms with Crippen molar-refractivity contribution < 1.29 is 24.5 Å². The van der Waals surface area contributed by atoms with Gasteiger partial charge in [-0.15, -0.1) is 0 Å². The molecule has 0 fully saturated rings. The lowest BCUT2D eigenvalue weighted by atomic mass is 10.0. The quantitative estimate of drug-likeness (QED) is 0.0320. The summed E-state index contributed by atoms with van der Waals surface area (Å²) in [6, 6.07) is -0.537. The lowest BCUT2D eigenvalue weighted by Crippen LogP contribution is -2.45. The third-order valence-corrected chi connectivity index (χ3v) is 20.3. The zero-order chi connectivity index (χ0) is 65.6. The molecule has 91 heavy (non-hydrogen) atoms. The molecule has 0 spiro atoms. The second-order valence-corrected chi connectivity index (χ2v) is 29.5. The summed E-state index contributed by atoms with van der Waals surface area (Å²) in [6.07, 6.45) is 103. The van der Waals surface area contributed by atoms with Crippen molar-refractivity contribution in [2.45, 2.75) is 508 Å². The van der Waals surface area contributed by atoms with Crippen molar-refractivity contribution in [3.63, 3.8) is 0 Å². The minimum atomic E-state index is -0.660. The topological polar surface area (TPSA) is 95.9 Å². The molecule has 6 heteroatoms. The molecule has 0 aliphatic rings. The predicted octanol–water partition coefficient (Wildman–Crippen LogP) is 28.2. The molecule has 2 unspecified atom stereocenters. The van der Waals surface area contributed by atoms with Gasteiger partial charge in [-0.1, -0.05) is 443 Å². The number of carbonyl (C=O) groups excluding carboxylic acids is 2. The summed E-state index contributed by atoms with van der Waals surface area (Å²) in [6.45, 7) is 5.01. The standard InChI is InChI=1S/C85H167NO5/c1-3-5-7-9-11-13-15-17-19-21-46-49-53-57-61-65-69-73-77-83(88)82(81-87)86-84(89)78-74-70-66-62-58-54-50-47-43-41-39-37-35-33-31-29-27-25-23-22-24-26-28-30-32-34-36-38-40-42-44-48-52-56-60-64-68-72-76-80-91-85(90)79-75-71-67-63-59-55-51-45-20-18-16-14-12-10-8-6-4-2/h18,20,82-83,87-88H,3-17,19,21-81H2,1-2H3,(H,86,89)/b20-18-. The number of ether oxygens (including phenoxy) is 1. The zero-order valence-corrected chi connectivity index (χ0v) is 62.4. The molecule has 0 aromatic rings. The van der Waals surface area contributed by atoms with Gasteiger partial charge in [-0.2, -0.15) is 0 Å². The van der Waals surface area contributed by atoms with Crippen LogP contribution >= 0.6 is 0 Å². The molecule has 542 valence electrons. The summed E-state index contributed by atoms with van der Waals surface area (Å²) < 4.78 is 5.51. The smallest absolute Gasteiger partial charge is 0.305 e. The Morgan fingerprint density at radius 2 is 0.516 bits per heavy atom. The van der Waals surface area contributed by atoms with Crippen LogP contribution in [0.3, 0.4) is 0 Å². The first-order valence-corrected chi connectivity index (χ1v) is 42.4. The van der Waals surface area contributed by atoms with Gasteiger partial charge in [0.1, 0.15) is 0 Å². The summed E-state index contributed by atoms with van der Waals surface area (Å²) in [7, 11) is 0. The van der Waals surface area contributed by atoms with Crippen LogP contribution in [0.4, 0.5) is 0 Å². The van der Waals surface area contributed by atoms with Gasteiger partial charge in [0, 0.05) is 12.8 Å². The second kappa shape index (κ2) is 81.0. The summed E-state index contributed by atoms with van der Waals surface area (Å²) in [5.74, 6) is -0.00156. The number of carbonyl (C=O) groups is 2. The molecule has 0 heterocycles. The van der Waals surface area contributed by atoms with E-state index in [1.165, 1.54) is 424 Å². The van der Waals surface area contributed by atoms with E-state index in [-0.39, 0.29) is 18.5 Å². The van der Waals surface area contributed by atoms with E-state index in [4.69, 9.17) is 4.74 Å². The van der Waals surface area contributed by atoms with Crippen molar-refractivity contribution in [3.05, 3.63) is 12.2 Å². The Morgan fingerprint density at radius 3 is 0.780 bits per heavy atom. The average Bonchev–Trinajstić information content (AvgIpc) is 3.73. The molecule has 0 rings (SSSR count). The highest BCUT2D eigenvalue weighted by atomic mass is 16.5. The third-order valence-electron chi connectivity index (χ3n) is 20.3. The molecule has 0 saturated carbocycles. The number of allylic oxidation sites excluding steroid dienone is 2. The van der Waals surface area contributed by atoms with Gasteiger partial charge in [0.05, 0.1) is 25.4 Å². The van der Waals surface area contributed by atoms with Gasteiger partial charge in [-0.3, -0.25) is 9.59 Å². The maximum Gasteiger partial charge on any atom is 0.305 e. The first-order valence-electron chi connectivity index (χ1n) is 42.4. The highest BCUT2D eigenvalue weighted by Crippen LogP contribution is 2.21. The highest BCUT2D eigenvalue weighted by Gasteiger charge is 2.20. The van der Waals surface area contributed by atoms with Crippen molar-refractivity contribution in [3.8, 4) is 0 Å². The minimum Gasteiger partial charge on any atom is -0.466 e. The van der Waals surface area contributed by atoms with Gasteiger partial charge in [0.2, 0.25) is 5.91 Å². The number of hydrogen-bond acceptors (Lipinski definition) is 5. The lowest BCUT2D eigenvalue weighted by Gasteiger charge is -2.22. The first-order chi connectivity index (χ1) is 45.0. The Morgan fingerprint density at radius 1 is 0.297 bits per heavy atom. The van der Waals surface area contributed by atoms with Crippen molar-refractivity contribution >= 4 is 11.9 Å². The molecule has 0 bridgehead atoms. The number of hydrogen-bond donors (Lipinski definition) is 3. The lowest BCUT2D eigenvalue weighted by molar-refractivity contribution is -0.143. The third kappa shape index (κ3) is 77.5. The Hall–Kier alpha value is -1.40. The van der Waals surface area contributed by atoms with E-state index in [2.05, 4.69) is 31.3 Å². The van der Waals surface area contributed by atoms with Crippen LogP contribution in [0.25, 0.3) is 0 Å². The van der Waals surface area contributed by atoms with Crippen LogP contribution in [0.2, 0.25) is 0 Å². The molecule has 0 aliphatic heterocycles. The van der Waals surface area contributed by atoms with Crippen LogP contribution in [0.5, 0.6) is 0 Å². The molecule has 3 N–H and O–H groups in total. The second-order valence-electron chi connectivity index (χ2n) is 29.5. The number of esters is 1. The van der Waals surface area contributed by atoms with Crippen LogP contribution in [0, 0.1) is 0 Å². The molecule has 1 amide bonds. The maximum atomic E-state index is 12.6. The van der Waals surface area contributed by atoms with Gasteiger partial charge in [0.15, 0.2) is 0 Å². The molecule has 6 nitrogen and oxygen atoms in total. The van der Waals surface area contributed by atoms with Crippen LogP contribution in [-0.4, -0.2) is 47.4 Å². The van der Waals surface area contributed by atoms with Crippen molar-refractivity contribution in [2.24, 2.45) is 0 Å². The maximum absolute atomic E-state index is 12.6. The number of aliphatic hydroxyl groups excluding tert-OH is 2. The van der Waals surface area contributed by atoms with E-state index < -0.39 is 12.1 Å². The molecule has 0 aromatic carbocycles. The van der Waals surface area contributed by atoms with Gasteiger partial charge >= 0.3 is 5.97 Å². The fraction of sp³-hybridized carbons (Fsp3) is 0.953. The van der Waals surface area contributed by atoms with Crippen molar-refractivity contribution in [1.82, 2.24) is 5.32 Å². The minimum absolute atomic E-state index is 0.0220. The fourth-order valence-corrected chi connectivity index (χ4v) is 13.9. The molecule has 0 aromatic heterocycles. The number of nitrogens with one attached hydrogen (secondary N) is 1. The SMILES string of the molecule is CCCCCCCC/C=C\CCCCCCCCCC(=O)OCCCCCCCCCCCCCCCCCCCCCCCCCCCCCCCCCCCCCCCCCC(=O)NC(CO)C(O)CCCCCCCCCCCCCCCCCCCC. The Bertz CT molecular complexity index is 1380. The predicted molar refractivity (Wildman–Crippen MR) is 403 cm³/mol.